The molecule has 0 saturated heterocycles. The molecule has 3 heterocycles. The van der Waals surface area contributed by atoms with Gasteiger partial charge < -0.3 is 14.3 Å². The van der Waals surface area contributed by atoms with E-state index in [0.717, 1.165) is 16.5 Å². The molecule has 0 saturated carbocycles. The summed E-state index contributed by atoms with van der Waals surface area (Å²) in [6, 6.07) is 17.6. The maximum Gasteiger partial charge on any atom is 0.312 e. The Bertz CT molecular complexity index is 1670. The highest BCUT2D eigenvalue weighted by Crippen LogP contribution is 2.46. The summed E-state index contributed by atoms with van der Waals surface area (Å²) in [7, 11) is 0. The van der Waals surface area contributed by atoms with Crippen molar-refractivity contribution in [1.29, 1.82) is 0 Å². The summed E-state index contributed by atoms with van der Waals surface area (Å²) >= 11 is 5.97. The molecule has 6 nitrogen and oxygen atoms in total. The Morgan fingerprint density at radius 3 is 2.68 bits per heavy atom. The highest BCUT2D eigenvalue weighted by atomic mass is 35.5. The number of hydrogen-bond donors (Lipinski definition) is 1. The van der Waals surface area contributed by atoms with Crippen molar-refractivity contribution >= 4 is 39.4 Å². The SMILES string of the molecule is O=C1C[C@@H](c2ccc3ncccc3c2)c2c(cc(O)c3c(=O)c(-c4ccc(Cl)cc4)coc23)O1. The fourth-order valence-electron chi connectivity index (χ4n) is 4.56. The number of halogens is 1. The largest absolute Gasteiger partial charge is 0.507 e. The first-order valence-corrected chi connectivity index (χ1v) is 11.0. The van der Waals surface area contributed by atoms with E-state index in [9.17, 15) is 14.7 Å². The quantitative estimate of drug-likeness (QED) is 0.259. The van der Waals surface area contributed by atoms with Crippen LogP contribution >= 0.6 is 11.6 Å². The number of phenolic OH excluding ortho intramolecular Hbond substituents is 1. The number of rotatable bonds is 2. The monoisotopic (exact) mass is 469 g/mol. The molecule has 1 N–H and O–H groups in total. The zero-order chi connectivity index (χ0) is 23.4. The molecule has 2 aromatic heterocycles. The van der Waals surface area contributed by atoms with E-state index in [0.29, 0.717) is 21.7 Å². The number of ether oxygens (including phenoxy) is 1. The maximum atomic E-state index is 13.4. The minimum atomic E-state index is -0.428. The molecule has 6 rings (SSSR count). The van der Waals surface area contributed by atoms with Gasteiger partial charge in [0, 0.05) is 34.2 Å². The number of pyridine rings is 1. The average molecular weight is 470 g/mol. The summed E-state index contributed by atoms with van der Waals surface area (Å²) in [6.45, 7) is 0. The molecule has 0 unspecified atom stereocenters. The second-order valence-electron chi connectivity index (χ2n) is 8.18. The van der Waals surface area contributed by atoms with Crippen LogP contribution in [0.25, 0.3) is 33.0 Å². The molecule has 1 atom stereocenters. The number of carbonyl (C=O) groups is 1. The van der Waals surface area contributed by atoms with Crippen molar-refractivity contribution in [3.05, 3.63) is 99.5 Å². The molecule has 3 aromatic carbocycles. The highest BCUT2D eigenvalue weighted by Gasteiger charge is 2.33. The summed E-state index contributed by atoms with van der Waals surface area (Å²) in [5, 5.41) is 12.2. The van der Waals surface area contributed by atoms with E-state index in [1.165, 1.54) is 12.3 Å². The first-order valence-electron chi connectivity index (χ1n) is 10.6. The summed E-state index contributed by atoms with van der Waals surface area (Å²) in [4.78, 5) is 30.2. The lowest BCUT2D eigenvalue weighted by molar-refractivity contribution is -0.135. The van der Waals surface area contributed by atoms with Gasteiger partial charge in [-0.05, 0) is 41.5 Å². The molecular weight excluding hydrogens is 454 g/mol. The van der Waals surface area contributed by atoms with Gasteiger partial charge in [0.25, 0.3) is 0 Å². The second-order valence-corrected chi connectivity index (χ2v) is 8.62. The van der Waals surface area contributed by atoms with Crippen molar-refractivity contribution in [3.63, 3.8) is 0 Å². The molecule has 7 heteroatoms. The predicted molar refractivity (Wildman–Crippen MR) is 128 cm³/mol. The van der Waals surface area contributed by atoms with Crippen molar-refractivity contribution in [2.45, 2.75) is 12.3 Å². The van der Waals surface area contributed by atoms with Crippen LogP contribution in [0.5, 0.6) is 11.5 Å². The summed E-state index contributed by atoms with van der Waals surface area (Å²) in [6.07, 6.45) is 3.16. The Morgan fingerprint density at radius 2 is 1.85 bits per heavy atom. The molecule has 5 aromatic rings. The Kier molecular flexibility index (Phi) is 4.64. The Morgan fingerprint density at radius 1 is 1.03 bits per heavy atom. The molecule has 0 fully saturated rings. The lowest BCUT2D eigenvalue weighted by Gasteiger charge is -2.26. The third kappa shape index (κ3) is 3.23. The number of fused-ring (bicyclic) bond motifs is 4. The van der Waals surface area contributed by atoms with Crippen LogP contribution < -0.4 is 10.2 Å². The van der Waals surface area contributed by atoms with Crippen LogP contribution in [0.3, 0.4) is 0 Å². The standard InChI is InChI=1S/C27H16ClNO5/c28-17-6-3-14(4-7-17)19-13-33-27-24-18(15-5-8-20-16(10-15)2-1-9-29-20)11-23(31)34-22(24)12-21(30)25(27)26(19)32/h1-10,12-13,18,30H,11H2/t18-/m0/s1. The van der Waals surface area contributed by atoms with Crippen LogP contribution in [0.4, 0.5) is 0 Å². The van der Waals surface area contributed by atoms with Gasteiger partial charge in [-0.15, -0.1) is 0 Å². The Balaban J connectivity index is 1.60. The van der Waals surface area contributed by atoms with E-state index < -0.39 is 11.9 Å². The Labute approximate surface area is 198 Å². The summed E-state index contributed by atoms with van der Waals surface area (Å²) < 4.78 is 11.4. The normalized spacial score (nSPS) is 15.3. The number of aromatic nitrogens is 1. The second kappa shape index (κ2) is 7.71. The number of nitrogens with zero attached hydrogens (tertiary/aromatic N) is 1. The van der Waals surface area contributed by atoms with Gasteiger partial charge in [-0.1, -0.05) is 35.9 Å². The topological polar surface area (TPSA) is 89.6 Å². The maximum absolute atomic E-state index is 13.4. The van der Waals surface area contributed by atoms with Gasteiger partial charge in [-0.2, -0.15) is 0 Å². The van der Waals surface area contributed by atoms with E-state index >= 15 is 0 Å². The fraction of sp³-hybridized carbons (Fsp3) is 0.0741. The van der Waals surface area contributed by atoms with E-state index in [1.807, 2.05) is 30.3 Å². The third-order valence-electron chi connectivity index (χ3n) is 6.16. The van der Waals surface area contributed by atoms with Crippen LogP contribution in [0, 0.1) is 0 Å². The molecular formula is C27H16ClNO5. The number of esters is 1. The van der Waals surface area contributed by atoms with Gasteiger partial charge >= 0.3 is 5.97 Å². The lowest BCUT2D eigenvalue weighted by Crippen LogP contribution is -2.22. The third-order valence-corrected chi connectivity index (χ3v) is 6.41. The minimum absolute atomic E-state index is 0.0385. The van der Waals surface area contributed by atoms with E-state index in [4.69, 9.17) is 20.8 Å². The molecule has 0 bridgehead atoms. The fourth-order valence-corrected chi connectivity index (χ4v) is 4.68. The van der Waals surface area contributed by atoms with Crippen molar-refractivity contribution in [2.75, 3.05) is 0 Å². The molecule has 0 aliphatic carbocycles. The number of hydrogen-bond acceptors (Lipinski definition) is 6. The van der Waals surface area contributed by atoms with Crippen molar-refractivity contribution in [1.82, 2.24) is 4.98 Å². The predicted octanol–water partition coefficient (Wildman–Crippen LogP) is 5.81. The van der Waals surface area contributed by atoms with Crippen molar-refractivity contribution < 1.29 is 19.1 Å². The molecule has 0 radical (unpaired) electrons. The molecule has 0 amide bonds. The molecule has 1 aliphatic heterocycles. The highest BCUT2D eigenvalue weighted by molar-refractivity contribution is 6.30. The first kappa shape index (κ1) is 20.4. The number of aromatic hydroxyl groups is 1. The number of carbonyl (C=O) groups excluding carboxylic acids is 1. The zero-order valence-corrected chi connectivity index (χ0v) is 18.4. The minimum Gasteiger partial charge on any atom is -0.507 e. The number of phenols is 1. The Hall–Kier alpha value is -4.16. The van der Waals surface area contributed by atoms with Crippen LogP contribution in [0.2, 0.25) is 5.02 Å². The summed E-state index contributed by atoms with van der Waals surface area (Å²) in [5.74, 6) is -0.981. The van der Waals surface area contributed by atoms with Gasteiger partial charge in [-0.3, -0.25) is 14.6 Å². The molecule has 34 heavy (non-hydrogen) atoms. The summed E-state index contributed by atoms with van der Waals surface area (Å²) in [5.41, 5.74) is 2.95. The van der Waals surface area contributed by atoms with E-state index in [2.05, 4.69) is 4.98 Å². The molecule has 1 aliphatic rings. The van der Waals surface area contributed by atoms with Crippen molar-refractivity contribution in [3.8, 4) is 22.6 Å². The van der Waals surface area contributed by atoms with Gasteiger partial charge in [0.05, 0.1) is 17.5 Å². The van der Waals surface area contributed by atoms with Gasteiger partial charge in [0.2, 0.25) is 5.43 Å². The van der Waals surface area contributed by atoms with Crippen LogP contribution in [0.15, 0.2) is 82.3 Å². The van der Waals surface area contributed by atoms with Gasteiger partial charge in [0.1, 0.15) is 28.7 Å². The van der Waals surface area contributed by atoms with Gasteiger partial charge in [0.15, 0.2) is 0 Å². The van der Waals surface area contributed by atoms with Gasteiger partial charge in [-0.25, -0.2) is 0 Å². The van der Waals surface area contributed by atoms with Crippen LogP contribution in [0.1, 0.15) is 23.5 Å². The average Bonchev–Trinajstić information content (AvgIpc) is 2.84. The van der Waals surface area contributed by atoms with E-state index in [1.54, 1.807) is 30.5 Å². The molecule has 166 valence electrons. The molecule has 0 spiro atoms. The number of benzene rings is 3. The first-order chi connectivity index (χ1) is 16.5. The van der Waals surface area contributed by atoms with Crippen LogP contribution in [-0.4, -0.2) is 16.1 Å². The van der Waals surface area contributed by atoms with E-state index in [-0.39, 0.29) is 34.3 Å². The van der Waals surface area contributed by atoms with Crippen molar-refractivity contribution in [2.24, 2.45) is 0 Å². The lowest BCUT2D eigenvalue weighted by atomic mass is 9.84. The zero-order valence-electron chi connectivity index (χ0n) is 17.6. The van der Waals surface area contributed by atoms with Crippen LogP contribution in [-0.2, 0) is 4.79 Å². The smallest absolute Gasteiger partial charge is 0.312 e.